The topological polar surface area (TPSA) is 55.4 Å². The predicted molar refractivity (Wildman–Crippen MR) is 126 cm³/mol. The Kier molecular flexibility index (Phi) is 5.02. The lowest BCUT2D eigenvalue weighted by atomic mass is 10.2. The molecule has 2 heterocycles. The van der Waals surface area contributed by atoms with E-state index in [1.165, 1.54) is 0 Å². The van der Waals surface area contributed by atoms with Crippen LogP contribution in [0.25, 0.3) is 28.1 Å². The summed E-state index contributed by atoms with van der Waals surface area (Å²) in [6.07, 6.45) is 3.67. The predicted octanol–water partition coefficient (Wildman–Crippen LogP) is 6.69. The number of anilines is 1. The normalized spacial score (nSPS) is 11.4. The summed E-state index contributed by atoms with van der Waals surface area (Å²) in [5.74, 6) is 0.690. The number of halogens is 1. The van der Waals surface area contributed by atoms with Crippen LogP contribution in [0.4, 0.5) is 5.69 Å². The van der Waals surface area contributed by atoms with E-state index in [4.69, 9.17) is 21.1 Å². The van der Waals surface area contributed by atoms with E-state index in [0.717, 1.165) is 33.5 Å². The largest absolute Gasteiger partial charge is 0.454 e. The summed E-state index contributed by atoms with van der Waals surface area (Å²) in [5.41, 5.74) is 8.19. The summed E-state index contributed by atoms with van der Waals surface area (Å²) in [6, 6.07) is 25.6. The van der Waals surface area contributed by atoms with Crippen LogP contribution in [0, 0.1) is 6.92 Å². The molecule has 0 bridgehead atoms. The Labute approximate surface area is 184 Å². The number of furan rings is 1. The van der Waals surface area contributed by atoms with Crippen molar-refractivity contribution in [3.8, 4) is 17.1 Å². The second-order valence-corrected chi connectivity index (χ2v) is 7.60. The van der Waals surface area contributed by atoms with Gasteiger partial charge in [0.15, 0.2) is 5.76 Å². The molecular formula is C25H19ClN4O. The van der Waals surface area contributed by atoms with Crippen molar-refractivity contribution in [1.29, 1.82) is 0 Å². The molecule has 3 aromatic carbocycles. The molecule has 0 unspecified atom stereocenters. The van der Waals surface area contributed by atoms with Gasteiger partial charge in [-0.05, 0) is 48.9 Å². The van der Waals surface area contributed by atoms with Gasteiger partial charge in [0.25, 0.3) is 0 Å². The number of aryl methyl sites for hydroxylation is 1. The van der Waals surface area contributed by atoms with E-state index in [1.807, 2.05) is 96.7 Å². The first kappa shape index (κ1) is 19.2. The molecule has 152 valence electrons. The van der Waals surface area contributed by atoms with Gasteiger partial charge in [-0.1, -0.05) is 54.1 Å². The van der Waals surface area contributed by atoms with Gasteiger partial charge in [0.2, 0.25) is 0 Å². The van der Waals surface area contributed by atoms with Crippen molar-refractivity contribution in [2.45, 2.75) is 6.92 Å². The molecule has 0 aliphatic rings. The molecule has 0 aliphatic carbocycles. The fourth-order valence-corrected chi connectivity index (χ4v) is 3.50. The number of hydrazone groups is 1. The second kappa shape index (κ2) is 8.13. The Bertz CT molecular complexity index is 1350. The van der Waals surface area contributed by atoms with E-state index in [9.17, 15) is 0 Å². The van der Waals surface area contributed by atoms with E-state index < -0.39 is 0 Å². The smallest absolute Gasteiger partial charge is 0.156 e. The van der Waals surface area contributed by atoms with Gasteiger partial charge in [-0.25, -0.2) is 4.68 Å². The van der Waals surface area contributed by atoms with Crippen molar-refractivity contribution >= 4 is 34.5 Å². The molecule has 5 rings (SSSR count). The number of benzene rings is 3. The lowest BCUT2D eigenvalue weighted by Gasteiger charge is -2.02. The molecule has 5 nitrogen and oxygen atoms in total. The molecule has 6 heteroatoms. The van der Waals surface area contributed by atoms with Gasteiger partial charge in [-0.3, -0.25) is 5.43 Å². The molecule has 1 N–H and O–H groups in total. The zero-order valence-corrected chi connectivity index (χ0v) is 17.5. The van der Waals surface area contributed by atoms with Crippen molar-refractivity contribution in [2.75, 3.05) is 5.43 Å². The maximum absolute atomic E-state index is 6.21. The highest BCUT2D eigenvalue weighted by molar-refractivity contribution is 6.31. The highest BCUT2D eigenvalue weighted by Gasteiger charge is 2.15. The zero-order chi connectivity index (χ0) is 21.2. The first-order chi connectivity index (χ1) is 15.2. The summed E-state index contributed by atoms with van der Waals surface area (Å²) >= 11 is 6.21. The fraction of sp³-hybridized carbons (Fsp3) is 0.0400. The Morgan fingerprint density at radius 1 is 1.00 bits per heavy atom. The third-order valence-electron chi connectivity index (χ3n) is 4.99. The number of nitrogens with one attached hydrogen (secondary N) is 1. The van der Waals surface area contributed by atoms with E-state index in [-0.39, 0.29) is 0 Å². The van der Waals surface area contributed by atoms with Crippen molar-refractivity contribution in [2.24, 2.45) is 5.10 Å². The van der Waals surface area contributed by atoms with Gasteiger partial charge in [0.05, 0.1) is 17.6 Å². The van der Waals surface area contributed by atoms with Crippen LogP contribution in [0.1, 0.15) is 11.1 Å². The maximum atomic E-state index is 6.21. The van der Waals surface area contributed by atoms with Gasteiger partial charge in [-0.2, -0.15) is 10.2 Å². The molecular weight excluding hydrogens is 408 g/mol. The number of para-hydroxylation sites is 2. The molecule has 0 saturated heterocycles. The summed E-state index contributed by atoms with van der Waals surface area (Å²) in [4.78, 5) is 0. The molecule has 0 aliphatic heterocycles. The van der Waals surface area contributed by atoms with Crippen LogP contribution in [-0.4, -0.2) is 16.0 Å². The monoisotopic (exact) mass is 426 g/mol. The maximum Gasteiger partial charge on any atom is 0.156 e. The van der Waals surface area contributed by atoms with Crippen LogP contribution >= 0.6 is 11.6 Å². The van der Waals surface area contributed by atoms with Crippen molar-refractivity contribution in [1.82, 2.24) is 9.78 Å². The van der Waals surface area contributed by atoms with Crippen LogP contribution in [0.3, 0.4) is 0 Å². The van der Waals surface area contributed by atoms with Gasteiger partial charge in [0, 0.05) is 22.2 Å². The number of hydrogen-bond donors (Lipinski definition) is 1. The summed E-state index contributed by atoms with van der Waals surface area (Å²) in [6.45, 7) is 1.97. The van der Waals surface area contributed by atoms with Gasteiger partial charge >= 0.3 is 0 Å². The number of aromatic nitrogens is 2. The van der Waals surface area contributed by atoms with E-state index in [2.05, 4.69) is 10.5 Å². The van der Waals surface area contributed by atoms with E-state index >= 15 is 0 Å². The quantitative estimate of drug-likeness (QED) is 0.251. The van der Waals surface area contributed by atoms with Crippen LogP contribution < -0.4 is 5.43 Å². The summed E-state index contributed by atoms with van der Waals surface area (Å²) in [5, 5.41) is 10.9. The first-order valence-corrected chi connectivity index (χ1v) is 10.2. The molecule has 5 aromatic rings. The van der Waals surface area contributed by atoms with Crippen LogP contribution in [0.15, 0.2) is 94.6 Å². The van der Waals surface area contributed by atoms with Crippen LogP contribution in [0.5, 0.6) is 0 Å². The van der Waals surface area contributed by atoms with Crippen molar-refractivity contribution in [3.63, 3.8) is 0 Å². The van der Waals surface area contributed by atoms with Gasteiger partial charge < -0.3 is 4.42 Å². The Morgan fingerprint density at radius 3 is 2.61 bits per heavy atom. The standard InChI is InChI=1S/C25H19ClN4O/c1-17-11-12-20(14-22(17)26)28-27-15-19-16-30(21-8-3-2-4-9-21)29-25(19)24-13-18-7-5-6-10-23(18)31-24/h2-16,28H,1H3. The summed E-state index contributed by atoms with van der Waals surface area (Å²) in [7, 11) is 0. The van der Waals surface area contributed by atoms with Gasteiger partial charge in [-0.15, -0.1) is 0 Å². The van der Waals surface area contributed by atoms with Gasteiger partial charge in [0.1, 0.15) is 11.3 Å². The van der Waals surface area contributed by atoms with E-state index in [1.54, 1.807) is 6.21 Å². The second-order valence-electron chi connectivity index (χ2n) is 7.20. The highest BCUT2D eigenvalue weighted by atomic mass is 35.5. The average molecular weight is 427 g/mol. The van der Waals surface area contributed by atoms with Crippen LogP contribution in [0.2, 0.25) is 5.02 Å². The third-order valence-corrected chi connectivity index (χ3v) is 5.40. The highest BCUT2D eigenvalue weighted by Crippen LogP contribution is 2.29. The minimum atomic E-state index is 0.690. The fourth-order valence-electron chi connectivity index (χ4n) is 3.32. The number of rotatable bonds is 5. The molecule has 2 aromatic heterocycles. The first-order valence-electron chi connectivity index (χ1n) is 9.87. The lowest BCUT2D eigenvalue weighted by Crippen LogP contribution is -1.93. The Balaban J connectivity index is 1.52. The number of nitrogens with zero attached hydrogens (tertiary/aromatic N) is 3. The number of fused-ring (bicyclic) bond motifs is 1. The lowest BCUT2D eigenvalue weighted by molar-refractivity contribution is 0.627. The molecule has 0 amide bonds. The van der Waals surface area contributed by atoms with E-state index in [0.29, 0.717) is 16.5 Å². The molecule has 0 radical (unpaired) electrons. The Hall–Kier alpha value is -3.83. The zero-order valence-electron chi connectivity index (χ0n) is 16.8. The Morgan fingerprint density at radius 2 is 1.81 bits per heavy atom. The van der Waals surface area contributed by atoms with Crippen LogP contribution in [-0.2, 0) is 0 Å². The van der Waals surface area contributed by atoms with Crippen molar-refractivity contribution in [3.05, 3.63) is 101 Å². The van der Waals surface area contributed by atoms with Crippen molar-refractivity contribution < 1.29 is 4.42 Å². The molecule has 0 spiro atoms. The molecule has 31 heavy (non-hydrogen) atoms. The third kappa shape index (κ3) is 3.96. The molecule has 0 fully saturated rings. The molecule has 0 saturated carbocycles. The summed E-state index contributed by atoms with van der Waals surface area (Å²) < 4.78 is 7.89. The minimum absolute atomic E-state index is 0.690. The minimum Gasteiger partial charge on any atom is -0.454 e. The number of hydrogen-bond acceptors (Lipinski definition) is 4. The molecule has 0 atom stereocenters. The average Bonchev–Trinajstić information content (AvgIpc) is 3.41. The SMILES string of the molecule is Cc1ccc(NN=Cc2cn(-c3ccccc3)nc2-c2cc3ccccc3o2)cc1Cl.